The second-order valence-electron chi connectivity index (χ2n) is 4.81. The van der Waals surface area contributed by atoms with Gasteiger partial charge in [-0.1, -0.05) is 26.0 Å². The predicted molar refractivity (Wildman–Crippen MR) is 78.3 cm³/mol. The van der Waals surface area contributed by atoms with Crippen LogP contribution in [-0.2, 0) is 7.05 Å². The fraction of sp³-hybridized carbons (Fsp3) is 0.400. The number of rotatable bonds is 4. The van der Waals surface area contributed by atoms with E-state index in [-0.39, 0.29) is 0 Å². The number of aryl methyl sites for hydroxylation is 1. The van der Waals surface area contributed by atoms with Crippen LogP contribution in [0, 0.1) is 0 Å². The first-order valence-electron chi connectivity index (χ1n) is 6.55. The number of hydrogen-bond donors (Lipinski definition) is 1. The Balaban J connectivity index is 2.59. The second kappa shape index (κ2) is 5.34. The Morgan fingerprint density at radius 2 is 2.16 bits per heavy atom. The monoisotopic (exact) mass is 259 g/mol. The summed E-state index contributed by atoms with van der Waals surface area (Å²) in [7, 11) is 3.55. The van der Waals surface area contributed by atoms with Gasteiger partial charge in [0, 0.05) is 18.5 Å². The summed E-state index contributed by atoms with van der Waals surface area (Å²) in [6, 6.07) is 7.95. The summed E-state index contributed by atoms with van der Waals surface area (Å²) in [5.41, 5.74) is 9.31. The lowest BCUT2D eigenvalue weighted by atomic mass is 9.96. The molecule has 0 aliphatic heterocycles. The topological polar surface area (TPSA) is 53.1 Å². The molecule has 2 N–H and O–H groups in total. The van der Waals surface area contributed by atoms with Crippen LogP contribution in [0.3, 0.4) is 0 Å². The molecular formula is C15H21N3O. The van der Waals surface area contributed by atoms with E-state index in [4.69, 9.17) is 10.5 Å². The van der Waals surface area contributed by atoms with Crippen molar-refractivity contribution in [2.75, 3.05) is 12.8 Å². The largest absolute Gasteiger partial charge is 0.497 e. The van der Waals surface area contributed by atoms with E-state index in [1.165, 1.54) is 0 Å². The van der Waals surface area contributed by atoms with Gasteiger partial charge >= 0.3 is 0 Å². The number of anilines is 1. The van der Waals surface area contributed by atoms with Gasteiger partial charge in [-0.05, 0) is 24.1 Å². The molecule has 0 amide bonds. The first-order chi connectivity index (χ1) is 9.08. The zero-order chi connectivity index (χ0) is 14.0. The van der Waals surface area contributed by atoms with E-state index < -0.39 is 0 Å². The molecule has 1 aromatic carbocycles. The Morgan fingerprint density at radius 1 is 1.42 bits per heavy atom. The number of nitrogens with zero attached hydrogens (tertiary/aromatic N) is 2. The SMILES string of the molecule is CCC(C)c1nn(C)c(N)c1-c1cccc(OC)c1. The molecule has 0 bridgehead atoms. The molecule has 19 heavy (non-hydrogen) atoms. The third kappa shape index (κ3) is 2.43. The number of hydrogen-bond acceptors (Lipinski definition) is 3. The first kappa shape index (κ1) is 13.5. The summed E-state index contributed by atoms with van der Waals surface area (Å²) < 4.78 is 7.03. The number of ether oxygens (including phenoxy) is 1. The Kier molecular flexibility index (Phi) is 3.79. The lowest BCUT2D eigenvalue weighted by molar-refractivity contribution is 0.415. The van der Waals surface area contributed by atoms with E-state index >= 15 is 0 Å². The number of aromatic nitrogens is 2. The normalized spacial score (nSPS) is 12.4. The first-order valence-corrected chi connectivity index (χ1v) is 6.55. The molecule has 4 nitrogen and oxygen atoms in total. The van der Waals surface area contributed by atoms with Crippen molar-refractivity contribution >= 4 is 5.82 Å². The maximum atomic E-state index is 6.18. The van der Waals surface area contributed by atoms with Crippen molar-refractivity contribution in [3.63, 3.8) is 0 Å². The number of nitrogens with two attached hydrogens (primary N) is 1. The van der Waals surface area contributed by atoms with Gasteiger partial charge in [-0.2, -0.15) is 5.10 Å². The van der Waals surface area contributed by atoms with Gasteiger partial charge < -0.3 is 10.5 Å². The number of nitrogen functional groups attached to an aromatic ring is 1. The van der Waals surface area contributed by atoms with Gasteiger partial charge in [-0.3, -0.25) is 4.68 Å². The average molecular weight is 259 g/mol. The molecule has 0 aliphatic rings. The minimum absolute atomic E-state index is 0.379. The third-order valence-corrected chi connectivity index (χ3v) is 3.56. The van der Waals surface area contributed by atoms with Crippen molar-refractivity contribution in [2.45, 2.75) is 26.2 Å². The Morgan fingerprint density at radius 3 is 2.79 bits per heavy atom. The molecule has 1 atom stereocenters. The zero-order valence-corrected chi connectivity index (χ0v) is 12.0. The highest BCUT2D eigenvalue weighted by Gasteiger charge is 2.19. The van der Waals surface area contributed by atoms with Crippen LogP contribution >= 0.6 is 0 Å². The number of benzene rings is 1. The van der Waals surface area contributed by atoms with Crippen LogP contribution in [0.25, 0.3) is 11.1 Å². The van der Waals surface area contributed by atoms with Gasteiger partial charge in [-0.15, -0.1) is 0 Å². The van der Waals surface area contributed by atoms with Crippen LogP contribution in [0.4, 0.5) is 5.82 Å². The van der Waals surface area contributed by atoms with Crippen molar-refractivity contribution in [1.29, 1.82) is 0 Å². The van der Waals surface area contributed by atoms with Gasteiger partial charge in [0.15, 0.2) is 0 Å². The van der Waals surface area contributed by atoms with Crippen LogP contribution in [0.1, 0.15) is 31.9 Å². The molecular weight excluding hydrogens is 238 g/mol. The van der Waals surface area contributed by atoms with Crippen LogP contribution in [-0.4, -0.2) is 16.9 Å². The maximum Gasteiger partial charge on any atom is 0.129 e. The molecule has 4 heteroatoms. The van der Waals surface area contributed by atoms with Crippen LogP contribution in [0.15, 0.2) is 24.3 Å². The molecule has 0 radical (unpaired) electrons. The van der Waals surface area contributed by atoms with E-state index in [0.29, 0.717) is 11.7 Å². The zero-order valence-electron chi connectivity index (χ0n) is 12.0. The molecule has 0 fully saturated rings. The molecule has 1 aromatic heterocycles. The van der Waals surface area contributed by atoms with E-state index in [2.05, 4.69) is 18.9 Å². The highest BCUT2D eigenvalue weighted by Crippen LogP contribution is 2.35. The van der Waals surface area contributed by atoms with Crippen molar-refractivity contribution < 1.29 is 4.74 Å². The lowest BCUT2D eigenvalue weighted by Gasteiger charge is -2.10. The standard InChI is InChI=1S/C15H21N3O/c1-5-10(2)14-13(15(16)18(3)17-14)11-7-6-8-12(9-11)19-4/h6-10H,5,16H2,1-4H3. The predicted octanol–water partition coefficient (Wildman–Crippen LogP) is 3.19. The Hall–Kier alpha value is -1.97. The second-order valence-corrected chi connectivity index (χ2v) is 4.81. The van der Waals surface area contributed by atoms with Gasteiger partial charge in [0.2, 0.25) is 0 Å². The fourth-order valence-corrected chi connectivity index (χ4v) is 2.17. The third-order valence-electron chi connectivity index (χ3n) is 3.56. The molecule has 0 saturated heterocycles. The van der Waals surface area contributed by atoms with Gasteiger partial charge in [0.25, 0.3) is 0 Å². The van der Waals surface area contributed by atoms with Crippen LogP contribution in [0.5, 0.6) is 5.75 Å². The van der Waals surface area contributed by atoms with Crippen molar-refractivity contribution in [1.82, 2.24) is 9.78 Å². The quantitative estimate of drug-likeness (QED) is 0.917. The van der Waals surface area contributed by atoms with E-state index in [9.17, 15) is 0 Å². The smallest absolute Gasteiger partial charge is 0.129 e. The summed E-state index contributed by atoms with van der Waals surface area (Å²) in [6.45, 7) is 4.33. The van der Waals surface area contributed by atoms with Crippen molar-refractivity contribution in [3.8, 4) is 16.9 Å². The summed E-state index contributed by atoms with van der Waals surface area (Å²) in [5.74, 6) is 1.91. The summed E-state index contributed by atoms with van der Waals surface area (Å²) in [4.78, 5) is 0. The minimum Gasteiger partial charge on any atom is -0.497 e. The molecule has 1 unspecified atom stereocenters. The fourth-order valence-electron chi connectivity index (χ4n) is 2.17. The van der Waals surface area contributed by atoms with Crippen LogP contribution in [0.2, 0.25) is 0 Å². The van der Waals surface area contributed by atoms with Crippen molar-refractivity contribution in [3.05, 3.63) is 30.0 Å². The molecule has 0 saturated carbocycles. The average Bonchev–Trinajstić information content (AvgIpc) is 2.74. The summed E-state index contributed by atoms with van der Waals surface area (Å²) in [6.07, 6.45) is 1.04. The van der Waals surface area contributed by atoms with Gasteiger partial charge in [-0.25, -0.2) is 0 Å². The van der Waals surface area contributed by atoms with Gasteiger partial charge in [0.1, 0.15) is 11.6 Å². The summed E-state index contributed by atoms with van der Waals surface area (Å²) >= 11 is 0. The van der Waals surface area contributed by atoms with Crippen molar-refractivity contribution in [2.24, 2.45) is 7.05 Å². The Labute approximate surface area is 114 Å². The van der Waals surface area contributed by atoms with E-state index in [0.717, 1.165) is 29.0 Å². The van der Waals surface area contributed by atoms with E-state index in [1.54, 1.807) is 11.8 Å². The minimum atomic E-state index is 0.379. The molecule has 1 heterocycles. The highest BCUT2D eigenvalue weighted by atomic mass is 16.5. The lowest BCUT2D eigenvalue weighted by Crippen LogP contribution is -1.98. The van der Waals surface area contributed by atoms with E-state index in [1.807, 2.05) is 31.3 Å². The molecule has 0 spiro atoms. The van der Waals surface area contributed by atoms with Crippen LogP contribution < -0.4 is 10.5 Å². The molecule has 0 aliphatic carbocycles. The summed E-state index contributed by atoms with van der Waals surface area (Å²) in [5, 5.41) is 4.56. The number of methoxy groups -OCH3 is 1. The molecule has 2 rings (SSSR count). The molecule has 102 valence electrons. The molecule has 2 aromatic rings. The highest BCUT2D eigenvalue weighted by molar-refractivity contribution is 5.78. The van der Waals surface area contributed by atoms with Gasteiger partial charge in [0.05, 0.1) is 12.8 Å². The Bertz CT molecular complexity index is 575. The maximum absolute atomic E-state index is 6.18.